The lowest BCUT2D eigenvalue weighted by Gasteiger charge is -2.22. The first-order chi connectivity index (χ1) is 9.61. The minimum Gasteiger partial charge on any atom is -0.325 e. The molecule has 1 aromatic rings. The van der Waals surface area contributed by atoms with Gasteiger partial charge >= 0.3 is 0 Å². The Labute approximate surface area is 115 Å². The van der Waals surface area contributed by atoms with Gasteiger partial charge in [0.1, 0.15) is 6.07 Å². The molecule has 1 fully saturated rings. The molecule has 1 atom stereocenters. The van der Waals surface area contributed by atoms with Crippen LogP contribution in [0.2, 0.25) is 0 Å². The Kier molecular flexibility index (Phi) is 4.27. The van der Waals surface area contributed by atoms with Crippen LogP contribution in [0.3, 0.4) is 0 Å². The third kappa shape index (κ3) is 3.10. The standard InChI is InChI=1S/C13H14N4O3/c14-7-10-6-11(17(19)20)3-4-12(10)16-13(18)9-2-1-5-15-8-9/h3-4,6,9,15H,1-2,5,8H2,(H,16,18). The number of nitro benzene ring substituents is 1. The fraction of sp³-hybridized carbons (Fsp3) is 0.385. The van der Waals surface area contributed by atoms with Gasteiger partial charge < -0.3 is 10.6 Å². The third-order valence-electron chi connectivity index (χ3n) is 3.26. The highest BCUT2D eigenvalue weighted by Crippen LogP contribution is 2.22. The Bertz CT molecular complexity index is 573. The van der Waals surface area contributed by atoms with Gasteiger partial charge in [-0.05, 0) is 25.5 Å². The molecule has 7 nitrogen and oxygen atoms in total. The highest BCUT2D eigenvalue weighted by Gasteiger charge is 2.22. The topological polar surface area (TPSA) is 108 Å². The van der Waals surface area contributed by atoms with Gasteiger partial charge in [0.2, 0.25) is 5.91 Å². The molecule has 1 aromatic carbocycles. The van der Waals surface area contributed by atoms with Crippen LogP contribution >= 0.6 is 0 Å². The smallest absolute Gasteiger partial charge is 0.270 e. The first kappa shape index (κ1) is 14.0. The van der Waals surface area contributed by atoms with Crippen LogP contribution in [0.5, 0.6) is 0 Å². The molecule has 1 heterocycles. The average Bonchev–Trinajstić information content (AvgIpc) is 2.48. The quantitative estimate of drug-likeness (QED) is 0.639. The summed E-state index contributed by atoms with van der Waals surface area (Å²) in [6, 6.07) is 5.69. The van der Waals surface area contributed by atoms with Crippen molar-refractivity contribution in [3.8, 4) is 6.07 Å². The molecule has 2 rings (SSSR count). The van der Waals surface area contributed by atoms with Gasteiger partial charge in [0.25, 0.3) is 5.69 Å². The summed E-state index contributed by atoms with van der Waals surface area (Å²) in [4.78, 5) is 22.1. The van der Waals surface area contributed by atoms with E-state index in [1.165, 1.54) is 12.1 Å². The summed E-state index contributed by atoms with van der Waals surface area (Å²) >= 11 is 0. The van der Waals surface area contributed by atoms with Crippen LogP contribution < -0.4 is 10.6 Å². The summed E-state index contributed by atoms with van der Waals surface area (Å²) in [5.74, 6) is -0.298. The number of benzene rings is 1. The van der Waals surface area contributed by atoms with E-state index in [-0.39, 0.29) is 23.1 Å². The van der Waals surface area contributed by atoms with E-state index in [2.05, 4.69) is 10.6 Å². The van der Waals surface area contributed by atoms with Gasteiger partial charge in [0, 0.05) is 18.7 Å². The minimum absolute atomic E-state index is 0.0938. The monoisotopic (exact) mass is 274 g/mol. The number of nitrogens with zero attached hydrogens (tertiary/aromatic N) is 2. The van der Waals surface area contributed by atoms with Crippen molar-refractivity contribution in [2.24, 2.45) is 5.92 Å². The molecule has 0 radical (unpaired) electrons. The third-order valence-corrected chi connectivity index (χ3v) is 3.26. The van der Waals surface area contributed by atoms with Crippen molar-refractivity contribution in [3.05, 3.63) is 33.9 Å². The first-order valence-corrected chi connectivity index (χ1v) is 6.32. The highest BCUT2D eigenvalue weighted by molar-refractivity contribution is 5.94. The second-order valence-electron chi connectivity index (χ2n) is 4.63. The molecule has 0 bridgehead atoms. The molecule has 0 saturated carbocycles. The largest absolute Gasteiger partial charge is 0.325 e. The molecule has 1 aliphatic rings. The van der Waals surface area contributed by atoms with Crippen molar-refractivity contribution < 1.29 is 9.72 Å². The lowest BCUT2D eigenvalue weighted by molar-refractivity contribution is -0.384. The van der Waals surface area contributed by atoms with Gasteiger partial charge in [-0.1, -0.05) is 0 Å². The maximum absolute atomic E-state index is 12.1. The normalized spacial score (nSPS) is 18.1. The van der Waals surface area contributed by atoms with Crippen molar-refractivity contribution >= 4 is 17.3 Å². The van der Waals surface area contributed by atoms with Crippen molar-refractivity contribution in [2.75, 3.05) is 18.4 Å². The van der Waals surface area contributed by atoms with E-state index in [0.29, 0.717) is 12.2 Å². The number of hydrogen-bond acceptors (Lipinski definition) is 5. The molecule has 2 N–H and O–H groups in total. The maximum Gasteiger partial charge on any atom is 0.270 e. The molecule has 0 spiro atoms. The fourth-order valence-electron chi connectivity index (χ4n) is 2.16. The van der Waals surface area contributed by atoms with Crippen LogP contribution in [0.15, 0.2) is 18.2 Å². The number of anilines is 1. The van der Waals surface area contributed by atoms with Crippen LogP contribution in [-0.4, -0.2) is 23.9 Å². The van der Waals surface area contributed by atoms with Crippen LogP contribution in [0.1, 0.15) is 18.4 Å². The molecule has 104 valence electrons. The van der Waals surface area contributed by atoms with E-state index >= 15 is 0 Å². The fourth-order valence-corrected chi connectivity index (χ4v) is 2.16. The number of hydrogen-bond donors (Lipinski definition) is 2. The van der Waals surface area contributed by atoms with Gasteiger partial charge in [0.15, 0.2) is 0 Å². The van der Waals surface area contributed by atoms with Gasteiger partial charge in [-0.3, -0.25) is 14.9 Å². The number of nitrogens with one attached hydrogen (secondary N) is 2. The molecule has 1 aliphatic heterocycles. The zero-order valence-electron chi connectivity index (χ0n) is 10.8. The van der Waals surface area contributed by atoms with Crippen molar-refractivity contribution in [3.63, 3.8) is 0 Å². The van der Waals surface area contributed by atoms with Gasteiger partial charge in [-0.2, -0.15) is 5.26 Å². The Balaban J connectivity index is 2.14. The molecule has 1 unspecified atom stereocenters. The van der Waals surface area contributed by atoms with Gasteiger partial charge in [0.05, 0.1) is 22.1 Å². The highest BCUT2D eigenvalue weighted by atomic mass is 16.6. The van der Waals surface area contributed by atoms with Crippen LogP contribution in [0, 0.1) is 27.4 Å². The number of nitro groups is 1. The van der Waals surface area contributed by atoms with Crippen LogP contribution in [-0.2, 0) is 4.79 Å². The Morgan fingerprint density at radius 1 is 1.55 bits per heavy atom. The number of carbonyl (C=O) groups excluding carboxylic acids is 1. The zero-order valence-corrected chi connectivity index (χ0v) is 10.8. The first-order valence-electron chi connectivity index (χ1n) is 6.32. The van der Waals surface area contributed by atoms with Crippen molar-refractivity contribution in [1.82, 2.24) is 5.32 Å². The number of non-ortho nitro benzene ring substituents is 1. The summed E-state index contributed by atoms with van der Waals surface area (Å²) < 4.78 is 0. The number of piperidine rings is 1. The van der Waals surface area contributed by atoms with E-state index in [1.807, 2.05) is 6.07 Å². The Morgan fingerprint density at radius 3 is 2.95 bits per heavy atom. The number of rotatable bonds is 3. The van der Waals surface area contributed by atoms with E-state index in [1.54, 1.807) is 0 Å². The second-order valence-corrected chi connectivity index (χ2v) is 4.63. The van der Waals surface area contributed by atoms with E-state index in [4.69, 9.17) is 5.26 Å². The SMILES string of the molecule is N#Cc1cc([N+](=O)[O-])ccc1NC(=O)C1CCCNC1. The molecular formula is C13H14N4O3. The molecule has 0 aliphatic carbocycles. The predicted octanol–water partition coefficient (Wildman–Crippen LogP) is 1.40. The molecular weight excluding hydrogens is 260 g/mol. The van der Waals surface area contributed by atoms with E-state index < -0.39 is 4.92 Å². The lowest BCUT2D eigenvalue weighted by Crippen LogP contribution is -2.37. The minimum atomic E-state index is -0.572. The number of amides is 1. The summed E-state index contributed by atoms with van der Waals surface area (Å²) in [5, 5.41) is 25.5. The summed E-state index contributed by atoms with van der Waals surface area (Å²) in [5.41, 5.74) is 0.240. The predicted molar refractivity (Wildman–Crippen MR) is 72.0 cm³/mol. The summed E-state index contributed by atoms with van der Waals surface area (Å²) in [7, 11) is 0. The molecule has 1 amide bonds. The zero-order chi connectivity index (χ0) is 14.5. The average molecular weight is 274 g/mol. The maximum atomic E-state index is 12.1. The van der Waals surface area contributed by atoms with Gasteiger partial charge in [-0.15, -0.1) is 0 Å². The van der Waals surface area contributed by atoms with Crippen LogP contribution in [0.4, 0.5) is 11.4 Å². The number of carbonyl (C=O) groups is 1. The Hall–Kier alpha value is -2.46. The van der Waals surface area contributed by atoms with E-state index in [9.17, 15) is 14.9 Å². The Morgan fingerprint density at radius 2 is 2.35 bits per heavy atom. The van der Waals surface area contributed by atoms with Crippen LogP contribution in [0.25, 0.3) is 0 Å². The van der Waals surface area contributed by atoms with E-state index in [0.717, 1.165) is 25.5 Å². The summed E-state index contributed by atoms with van der Waals surface area (Å²) in [6.45, 7) is 1.52. The van der Waals surface area contributed by atoms with Crippen molar-refractivity contribution in [2.45, 2.75) is 12.8 Å². The lowest BCUT2D eigenvalue weighted by atomic mass is 9.98. The molecule has 0 aromatic heterocycles. The molecule has 7 heteroatoms. The van der Waals surface area contributed by atoms with Crippen molar-refractivity contribution in [1.29, 1.82) is 5.26 Å². The molecule has 20 heavy (non-hydrogen) atoms. The second kappa shape index (κ2) is 6.12. The molecule has 1 saturated heterocycles. The summed E-state index contributed by atoms with van der Waals surface area (Å²) in [6.07, 6.45) is 1.73. The van der Waals surface area contributed by atoms with Gasteiger partial charge in [-0.25, -0.2) is 0 Å². The number of nitriles is 1.